The molecular weight excluding hydrogens is 216 g/mol. The molecule has 0 aliphatic heterocycles. The van der Waals surface area contributed by atoms with Gasteiger partial charge in [-0.3, -0.25) is 9.59 Å². The third kappa shape index (κ3) is 6.80. The number of hydrogen-bond acceptors (Lipinski definition) is 5. The monoisotopic (exact) mass is 232 g/mol. The van der Waals surface area contributed by atoms with Gasteiger partial charge in [0.2, 0.25) is 6.10 Å². The molecule has 0 heterocycles. The van der Waals surface area contributed by atoms with Crippen molar-refractivity contribution in [3.8, 4) is 0 Å². The fraction of sp³-hybridized carbons (Fsp3) is 0.700. The van der Waals surface area contributed by atoms with Crippen LogP contribution in [0.15, 0.2) is 0 Å². The van der Waals surface area contributed by atoms with Gasteiger partial charge in [-0.2, -0.15) is 0 Å². The highest BCUT2D eigenvalue weighted by Crippen LogP contribution is 2.11. The third-order valence-electron chi connectivity index (χ3n) is 1.34. The van der Waals surface area contributed by atoms with Crippen molar-refractivity contribution in [1.82, 2.24) is 0 Å². The van der Waals surface area contributed by atoms with Crippen LogP contribution in [0.3, 0.4) is 0 Å². The van der Waals surface area contributed by atoms with E-state index in [2.05, 4.69) is 4.74 Å². The van der Waals surface area contributed by atoms with Crippen molar-refractivity contribution in [2.75, 3.05) is 0 Å². The van der Waals surface area contributed by atoms with E-state index in [0.29, 0.717) is 0 Å². The molecule has 6 nitrogen and oxygen atoms in total. The molecule has 0 radical (unpaired) electrons. The van der Waals surface area contributed by atoms with Gasteiger partial charge in [0.05, 0.1) is 6.42 Å². The van der Waals surface area contributed by atoms with Gasteiger partial charge in [0.1, 0.15) is 5.60 Å². The Hall–Kier alpha value is -1.59. The summed E-state index contributed by atoms with van der Waals surface area (Å²) in [4.78, 5) is 32.6. The van der Waals surface area contributed by atoms with E-state index in [0.717, 1.165) is 6.92 Å². The number of carbonyl (C=O) groups is 3. The van der Waals surface area contributed by atoms with Crippen molar-refractivity contribution in [1.29, 1.82) is 0 Å². The van der Waals surface area contributed by atoms with Crippen LogP contribution in [0, 0.1) is 0 Å². The molecule has 92 valence electrons. The van der Waals surface area contributed by atoms with Crippen LogP contribution < -0.4 is 0 Å². The van der Waals surface area contributed by atoms with Crippen LogP contribution in [0.1, 0.15) is 34.1 Å². The van der Waals surface area contributed by atoms with Crippen LogP contribution in [0.5, 0.6) is 0 Å². The molecule has 6 heteroatoms. The Morgan fingerprint density at radius 2 is 1.75 bits per heavy atom. The smallest absolute Gasteiger partial charge is 0.348 e. The predicted molar refractivity (Wildman–Crippen MR) is 53.7 cm³/mol. The van der Waals surface area contributed by atoms with E-state index >= 15 is 0 Å². The van der Waals surface area contributed by atoms with Crippen molar-refractivity contribution in [2.45, 2.75) is 45.8 Å². The predicted octanol–water partition coefficient (Wildman–Crippen LogP) is 0.734. The van der Waals surface area contributed by atoms with Crippen LogP contribution in [0.4, 0.5) is 0 Å². The van der Waals surface area contributed by atoms with Crippen molar-refractivity contribution < 1.29 is 29.0 Å². The van der Waals surface area contributed by atoms with Crippen molar-refractivity contribution in [3.05, 3.63) is 0 Å². The maximum atomic E-state index is 11.5. The maximum absolute atomic E-state index is 11.5. The molecule has 0 aromatic rings. The fourth-order valence-electron chi connectivity index (χ4n) is 0.900. The van der Waals surface area contributed by atoms with Gasteiger partial charge < -0.3 is 14.6 Å². The second-order valence-electron chi connectivity index (χ2n) is 4.23. The maximum Gasteiger partial charge on any atom is 0.348 e. The second-order valence-corrected chi connectivity index (χ2v) is 4.23. The third-order valence-corrected chi connectivity index (χ3v) is 1.34. The van der Waals surface area contributed by atoms with E-state index in [9.17, 15) is 14.4 Å². The highest BCUT2D eigenvalue weighted by Gasteiger charge is 2.29. The van der Waals surface area contributed by atoms with E-state index in [1.807, 2.05) is 0 Å². The van der Waals surface area contributed by atoms with Crippen LogP contribution in [0.2, 0.25) is 0 Å². The van der Waals surface area contributed by atoms with E-state index in [4.69, 9.17) is 9.84 Å². The number of ether oxygens (including phenoxy) is 2. The summed E-state index contributed by atoms with van der Waals surface area (Å²) in [5, 5.41) is 8.54. The minimum Gasteiger partial charge on any atom is -0.481 e. The van der Waals surface area contributed by atoms with Crippen molar-refractivity contribution in [2.24, 2.45) is 0 Å². The lowest BCUT2D eigenvalue weighted by atomic mass is 10.2. The lowest BCUT2D eigenvalue weighted by Crippen LogP contribution is -2.35. The first-order valence-electron chi connectivity index (χ1n) is 4.73. The molecule has 0 aromatic heterocycles. The minimum absolute atomic E-state index is 0.603. The van der Waals surface area contributed by atoms with E-state index < -0.39 is 36.0 Å². The number of esters is 2. The largest absolute Gasteiger partial charge is 0.481 e. The summed E-state index contributed by atoms with van der Waals surface area (Å²) in [6.07, 6.45) is -2.00. The van der Waals surface area contributed by atoms with Gasteiger partial charge in [-0.1, -0.05) is 0 Å². The molecule has 0 saturated carbocycles. The Labute approximate surface area is 93.5 Å². The molecule has 16 heavy (non-hydrogen) atoms. The molecule has 0 aliphatic rings. The van der Waals surface area contributed by atoms with Gasteiger partial charge in [0.15, 0.2) is 0 Å². The summed E-state index contributed by atoms with van der Waals surface area (Å²) >= 11 is 0. The fourth-order valence-corrected chi connectivity index (χ4v) is 0.900. The summed E-state index contributed by atoms with van der Waals surface area (Å²) in [6, 6.07) is 0. The molecule has 0 amide bonds. The lowest BCUT2D eigenvalue weighted by Gasteiger charge is -2.22. The number of carboxylic acids is 1. The normalized spacial score (nSPS) is 12.8. The molecule has 0 rings (SSSR count). The van der Waals surface area contributed by atoms with Crippen LogP contribution >= 0.6 is 0 Å². The molecule has 1 N–H and O–H groups in total. The quantitative estimate of drug-likeness (QED) is 0.719. The standard InChI is InChI=1S/C10H16O6/c1-6(11)15-7(5-8(12)13)9(14)16-10(2,3)4/h7H,5H2,1-4H3,(H,12,13)/t7-/m0/s1. The molecule has 0 aromatic carbocycles. The summed E-state index contributed by atoms with van der Waals surface area (Å²) in [5.74, 6) is -2.82. The van der Waals surface area contributed by atoms with Gasteiger partial charge in [0, 0.05) is 6.92 Å². The highest BCUT2D eigenvalue weighted by molar-refractivity contribution is 5.83. The zero-order valence-electron chi connectivity index (χ0n) is 9.77. The van der Waals surface area contributed by atoms with Gasteiger partial charge in [-0.25, -0.2) is 4.79 Å². The van der Waals surface area contributed by atoms with Crippen LogP contribution in [-0.4, -0.2) is 34.7 Å². The van der Waals surface area contributed by atoms with Gasteiger partial charge in [-0.05, 0) is 20.8 Å². The molecule has 1 atom stereocenters. The summed E-state index contributed by atoms with van der Waals surface area (Å²) in [6.45, 7) is 6.00. The SMILES string of the molecule is CC(=O)O[C@@H](CC(=O)O)C(=O)OC(C)(C)C. The Morgan fingerprint density at radius 1 is 1.25 bits per heavy atom. The van der Waals surface area contributed by atoms with Crippen LogP contribution in [-0.2, 0) is 23.9 Å². The number of aliphatic carboxylic acids is 1. The highest BCUT2D eigenvalue weighted by atomic mass is 16.6. The van der Waals surface area contributed by atoms with Gasteiger partial charge in [-0.15, -0.1) is 0 Å². The average molecular weight is 232 g/mol. The Kier molecular flexibility index (Phi) is 4.94. The topological polar surface area (TPSA) is 89.9 Å². The zero-order chi connectivity index (χ0) is 12.9. The first-order chi connectivity index (χ1) is 7.11. The van der Waals surface area contributed by atoms with Gasteiger partial charge >= 0.3 is 17.9 Å². The number of carboxylic acid groups (broad SMARTS) is 1. The lowest BCUT2D eigenvalue weighted by molar-refractivity contribution is -0.177. The Bertz CT molecular complexity index is 272. The Morgan fingerprint density at radius 3 is 2.06 bits per heavy atom. The van der Waals surface area contributed by atoms with Crippen LogP contribution in [0.25, 0.3) is 0 Å². The summed E-state index contributed by atoms with van der Waals surface area (Å²) < 4.78 is 9.50. The summed E-state index contributed by atoms with van der Waals surface area (Å²) in [7, 11) is 0. The number of hydrogen-bond donors (Lipinski definition) is 1. The Balaban J connectivity index is 4.56. The van der Waals surface area contributed by atoms with Gasteiger partial charge in [0.25, 0.3) is 0 Å². The summed E-state index contributed by atoms with van der Waals surface area (Å²) in [5.41, 5.74) is -0.756. The molecule has 0 spiro atoms. The van der Waals surface area contributed by atoms with Crippen molar-refractivity contribution in [3.63, 3.8) is 0 Å². The number of rotatable bonds is 4. The minimum atomic E-state index is -1.39. The second kappa shape index (κ2) is 5.48. The molecule has 0 aliphatic carbocycles. The van der Waals surface area contributed by atoms with E-state index in [-0.39, 0.29) is 0 Å². The molecule has 0 saturated heterocycles. The van der Waals surface area contributed by atoms with Crippen molar-refractivity contribution >= 4 is 17.9 Å². The van der Waals surface area contributed by atoms with E-state index in [1.165, 1.54) is 0 Å². The molecule has 0 unspecified atom stereocenters. The molecule has 0 bridgehead atoms. The first-order valence-corrected chi connectivity index (χ1v) is 4.73. The zero-order valence-corrected chi connectivity index (χ0v) is 9.77. The molecule has 0 fully saturated rings. The first kappa shape index (κ1) is 14.4. The average Bonchev–Trinajstić information content (AvgIpc) is 1.97. The molecular formula is C10H16O6. The van der Waals surface area contributed by atoms with E-state index in [1.54, 1.807) is 20.8 Å². The number of carbonyl (C=O) groups excluding carboxylic acids is 2.